The number of methoxy groups -OCH3 is 5. The van der Waals surface area contributed by atoms with Crippen molar-refractivity contribution >= 4 is 23.0 Å². The van der Waals surface area contributed by atoms with Gasteiger partial charge in [0.15, 0.2) is 23.0 Å². The van der Waals surface area contributed by atoms with Crippen molar-refractivity contribution in [1.29, 1.82) is 0 Å². The van der Waals surface area contributed by atoms with Gasteiger partial charge in [-0.1, -0.05) is 36.9 Å². The molecule has 0 radical (unpaired) electrons. The van der Waals surface area contributed by atoms with E-state index in [-0.39, 0.29) is 30.3 Å². The molecule has 0 bridgehead atoms. The fourth-order valence-electron chi connectivity index (χ4n) is 7.26. The van der Waals surface area contributed by atoms with Gasteiger partial charge in [-0.05, 0) is 116 Å². The average molecular weight is 855 g/mol. The molecule has 7 nitrogen and oxygen atoms in total. The summed E-state index contributed by atoms with van der Waals surface area (Å²) >= 11 is 0. The summed E-state index contributed by atoms with van der Waals surface area (Å²) < 4.78 is 118. The molecule has 1 N–H and O–H groups in total. The molecular formula is C46H49F6N2O5P. The van der Waals surface area contributed by atoms with Crippen molar-refractivity contribution in [2.24, 2.45) is 4.74 Å². The molecule has 14 heteroatoms. The highest BCUT2D eigenvalue weighted by Crippen LogP contribution is 2.52. The van der Waals surface area contributed by atoms with Gasteiger partial charge in [-0.3, -0.25) is 4.74 Å². The van der Waals surface area contributed by atoms with Crippen LogP contribution in [-0.4, -0.2) is 42.1 Å². The van der Waals surface area contributed by atoms with Gasteiger partial charge in [-0.25, -0.2) is 0 Å². The van der Waals surface area contributed by atoms with E-state index >= 15 is 0 Å². The first-order valence-electron chi connectivity index (χ1n) is 18.8. The SMILES string of the molecule is C=C(Cc1cc(C(F)(F)F)cc(C(F)(F)F)c1)N[C@@H](CN=P(c1cc(C)c(C)c(C)c1)(c1cc(C)c(OC)c(OC)c1)c1cc(OC)c(OC)c(OC)c1)c1ccccc1. The quantitative estimate of drug-likeness (QED) is 0.0836. The lowest BCUT2D eigenvalue weighted by atomic mass is 10.0. The van der Waals surface area contributed by atoms with Crippen LogP contribution in [0.5, 0.6) is 28.7 Å². The highest BCUT2D eigenvalue weighted by molar-refractivity contribution is 7.87. The molecule has 0 aliphatic carbocycles. The van der Waals surface area contributed by atoms with Gasteiger partial charge in [0, 0.05) is 28.0 Å². The average Bonchev–Trinajstić information content (AvgIpc) is 3.21. The monoisotopic (exact) mass is 854 g/mol. The third-order valence-corrected chi connectivity index (χ3v) is 14.1. The van der Waals surface area contributed by atoms with E-state index in [2.05, 4.69) is 31.0 Å². The first kappa shape index (κ1) is 45.5. The van der Waals surface area contributed by atoms with Gasteiger partial charge in [0.2, 0.25) is 5.75 Å². The van der Waals surface area contributed by atoms with E-state index < -0.39 is 36.6 Å². The second-order valence-corrected chi connectivity index (χ2v) is 17.5. The van der Waals surface area contributed by atoms with Crippen molar-refractivity contribution in [3.05, 3.63) is 142 Å². The van der Waals surface area contributed by atoms with Crippen LogP contribution in [0.15, 0.2) is 102 Å². The molecule has 0 saturated heterocycles. The minimum Gasteiger partial charge on any atom is -0.493 e. The second kappa shape index (κ2) is 18.4. The molecule has 0 aliphatic rings. The van der Waals surface area contributed by atoms with Crippen molar-refractivity contribution < 1.29 is 50.0 Å². The number of benzene rings is 5. The number of halogens is 6. The van der Waals surface area contributed by atoms with Crippen molar-refractivity contribution in [2.45, 2.75) is 52.5 Å². The Bertz CT molecular complexity index is 2330. The lowest BCUT2D eigenvalue weighted by Crippen LogP contribution is -2.29. The molecule has 0 spiro atoms. The molecule has 0 aliphatic heterocycles. The van der Waals surface area contributed by atoms with Crippen LogP contribution in [0.2, 0.25) is 0 Å². The minimum atomic E-state index is -4.99. The number of nitrogens with one attached hydrogen (secondary N) is 1. The van der Waals surface area contributed by atoms with Crippen LogP contribution in [0.1, 0.15) is 50.5 Å². The molecular weight excluding hydrogens is 805 g/mol. The van der Waals surface area contributed by atoms with Gasteiger partial charge in [0.05, 0.1) is 66.3 Å². The Morgan fingerprint density at radius 3 is 1.53 bits per heavy atom. The fourth-order valence-corrected chi connectivity index (χ4v) is 11.1. The highest BCUT2D eigenvalue weighted by atomic mass is 31.2. The first-order chi connectivity index (χ1) is 28.3. The van der Waals surface area contributed by atoms with Gasteiger partial charge in [0.25, 0.3) is 0 Å². The van der Waals surface area contributed by atoms with Crippen LogP contribution >= 0.6 is 7.05 Å². The van der Waals surface area contributed by atoms with Crippen molar-refractivity contribution in [1.82, 2.24) is 5.32 Å². The second-order valence-electron chi connectivity index (χ2n) is 14.3. The summed E-state index contributed by atoms with van der Waals surface area (Å²) in [7, 11) is 4.48. The summed E-state index contributed by atoms with van der Waals surface area (Å²) in [6.07, 6.45) is -10.3. The van der Waals surface area contributed by atoms with E-state index in [0.29, 0.717) is 40.9 Å². The Hall–Kier alpha value is -5.55. The van der Waals surface area contributed by atoms with Gasteiger partial charge < -0.3 is 29.0 Å². The third-order valence-electron chi connectivity index (χ3n) is 10.5. The maximum Gasteiger partial charge on any atom is 0.416 e. The van der Waals surface area contributed by atoms with Gasteiger partial charge in [-0.2, -0.15) is 26.3 Å². The van der Waals surface area contributed by atoms with Crippen LogP contribution in [0.3, 0.4) is 0 Å². The normalized spacial score (nSPS) is 13.2. The molecule has 2 atom stereocenters. The van der Waals surface area contributed by atoms with E-state index in [0.717, 1.165) is 43.7 Å². The van der Waals surface area contributed by atoms with Crippen LogP contribution in [-0.2, 0) is 18.8 Å². The van der Waals surface area contributed by atoms with Crippen LogP contribution in [0.25, 0.3) is 0 Å². The lowest BCUT2D eigenvalue weighted by molar-refractivity contribution is -0.143. The number of nitrogens with zero attached hydrogens (tertiary/aromatic N) is 1. The van der Waals surface area contributed by atoms with Gasteiger partial charge >= 0.3 is 12.4 Å². The maximum atomic E-state index is 13.8. The summed E-state index contributed by atoms with van der Waals surface area (Å²) in [5, 5.41) is 5.74. The van der Waals surface area contributed by atoms with Crippen LogP contribution in [0.4, 0.5) is 26.3 Å². The number of hydrogen-bond donors (Lipinski definition) is 1. The molecule has 0 fully saturated rings. The third kappa shape index (κ3) is 9.57. The molecule has 1 unspecified atom stereocenters. The minimum absolute atomic E-state index is 0.0588. The molecule has 0 heterocycles. The number of alkyl halides is 6. The zero-order valence-electron chi connectivity index (χ0n) is 35.0. The van der Waals surface area contributed by atoms with E-state index in [9.17, 15) is 26.3 Å². The lowest BCUT2D eigenvalue weighted by Gasteiger charge is -2.31. The molecule has 5 rings (SSSR count). The number of allylic oxidation sites excluding steroid dienone is 1. The Morgan fingerprint density at radius 2 is 1.07 bits per heavy atom. The van der Waals surface area contributed by atoms with E-state index in [4.69, 9.17) is 28.4 Å². The summed E-state index contributed by atoms with van der Waals surface area (Å²) in [6.45, 7) is 12.2. The summed E-state index contributed by atoms with van der Waals surface area (Å²) in [5.41, 5.74) is 1.88. The predicted octanol–water partition coefficient (Wildman–Crippen LogP) is 10.6. The molecule has 60 heavy (non-hydrogen) atoms. The molecule has 320 valence electrons. The number of ether oxygens (including phenoxy) is 5. The Labute approximate surface area is 347 Å². The molecule has 5 aromatic rings. The molecule has 5 aromatic carbocycles. The van der Waals surface area contributed by atoms with E-state index in [1.807, 2.05) is 75.4 Å². The molecule has 0 amide bonds. The Morgan fingerprint density at radius 1 is 0.617 bits per heavy atom. The topological polar surface area (TPSA) is 70.5 Å². The fraction of sp³-hybridized carbons (Fsp3) is 0.304. The van der Waals surface area contributed by atoms with E-state index in [1.165, 1.54) is 21.3 Å². The zero-order valence-corrected chi connectivity index (χ0v) is 35.9. The molecule has 0 saturated carbocycles. The summed E-state index contributed by atoms with van der Waals surface area (Å²) in [6, 6.07) is 22.1. The van der Waals surface area contributed by atoms with E-state index in [1.54, 1.807) is 14.2 Å². The van der Waals surface area contributed by atoms with Crippen LogP contribution in [0, 0.1) is 27.7 Å². The van der Waals surface area contributed by atoms with Crippen molar-refractivity contribution in [2.75, 3.05) is 42.1 Å². The maximum absolute atomic E-state index is 13.8. The standard InChI is InChI=1S/C46H49F6N2O5P/c1-27-16-36(17-28(2)31(27)5)60(37-18-29(3)43(58-9)40(23-37)55-6,38-24-41(56-7)44(59-10)42(25-38)57-8)53-26-39(33-14-12-11-13-15-33)54-30(4)19-32-20-34(45(47,48)49)22-35(21-32)46(50,51)52/h11-18,20-25,39,54H,4,19,26H2,1-3,5-10H3/t39-,60?/m0/s1. The first-order valence-corrected chi connectivity index (χ1v) is 20.5. The van der Waals surface area contributed by atoms with Crippen molar-refractivity contribution in [3.8, 4) is 28.7 Å². The summed E-state index contributed by atoms with van der Waals surface area (Å²) in [4.78, 5) is 0. The zero-order chi connectivity index (χ0) is 44.2. The number of aryl methyl sites for hydroxylation is 3. The highest BCUT2D eigenvalue weighted by Gasteiger charge is 2.37. The van der Waals surface area contributed by atoms with Crippen LogP contribution < -0.4 is 44.9 Å². The largest absolute Gasteiger partial charge is 0.493 e. The van der Waals surface area contributed by atoms with Gasteiger partial charge in [0.1, 0.15) is 0 Å². The smallest absolute Gasteiger partial charge is 0.416 e. The molecule has 0 aromatic heterocycles. The van der Waals surface area contributed by atoms with Crippen molar-refractivity contribution in [3.63, 3.8) is 0 Å². The predicted molar refractivity (Wildman–Crippen MR) is 226 cm³/mol. The number of hydrogen-bond acceptors (Lipinski definition) is 7. The Balaban J connectivity index is 1.82. The summed E-state index contributed by atoms with van der Waals surface area (Å²) in [5.74, 6) is 2.20. The Kier molecular flexibility index (Phi) is 13.9. The van der Waals surface area contributed by atoms with Gasteiger partial charge in [-0.15, -0.1) is 0 Å². The number of rotatable bonds is 15.